The lowest BCUT2D eigenvalue weighted by molar-refractivity contribution is -0.148. The molecule has 1 aliphatic rings. The van der Waals surface area contributed by atoms with Gasteiger partial charge in [-0.25, -0.2) is 0 Å². The van der Waals surface area contributed by atoms with E-state index in [1.165, 1.54) is 4.90 Å². The van der Waals surface area contributed by atoms with E-state index in [9.17, 15) is 14.4 Å². The minimum atomic E-state index is -0.468. The number of esters is 1. The molecule has 2 unspecified atom stereocenters. The molecule has 16 heavy (non-hydrogen) atoms. The maximum atomic E-state index is 11.3. The SMILES string of the molecule is NCCCC(=O)OC1CC(C=O)N(C=O)C1. The molecule has 0 spiro atoms. The van der Waals surface area contributed by atoms with Gasteiger partial charge in [-0.3, -0.25) is 9.59 Å². The Morgan fingerprint density at radius 1 is 1.50 bits per heavy atom. The fourth-order valence-corrected chi connectivity index (χ4v) is 1.68. The summed E-state index contributed by atoms with van der Waals surface area (Å²) in [5.41, 5.74) is 5.26. The van der Waals surface area contributed by atoms with Crippen molar-refractivity contribution in [3.05, 3.63) is 0 Å². The first-order chi connectivity index (χ1) is 7.71. The maximum absolute atomic E-state index is 11.3. The third kappa shape index (κ3) is 3.30. The Labute approximate surface area is 93.7 Å². The van der Waals surface area contributed by atoms with Crippen LogP contribution in [-0.4, -0.2) is 48.8 Å². The Morgan fingerprint density at radius 2 is 2.25 bits per heavy atom. The van der Waals surface area contributed by atoms with Gasteiger partial charge in [0.15, 0.2) is 0 Å². The van der Waals surface area contributed by atoms with Gasteiger partial charge < -0.3 is 20.2 Å². The van der Waals surface area contributed by atoms with Gasteiger partial charge in [-0.05, 0) is 13.0 Å². The minimum absolute atomic E-state index is 0.278. The lowest BCUT2D eigenvalue weighted by atomic mass is 10.2. The van der Waals surface area contributed by atoms with E-state index in [1.54, 1.807) is 0 Å². The van der Waals surface area contributed by atoms with Crippen LogP contribution in [0, 0.1) is 0 Å². The summed E-state index contributed by atoms with van der Waals surface area (Å²) < 4.78 is 5.12. The van der Waals surface area contributed by atoms with E-state index in [0.717, 1.165) is 0 Å². The van der Waals surface area contributed by atoms with Gasteiger partial charge in [0, 0.05) is 12.8 Å². The Bertz CT molecular complexity index is 254. The van der Waals surface area contributed by atoms with Crippen molar-refractivity contribution in [1.29, 1.82) is 0 Å². The highest BCUT2D eigenvalue weighted by molar-refractivity contribution is 5.70. The summed E-state index contributed by atoms with van der Waals surface area (Å²) in [7, 11) is 0. The highest BCUT2D eigenvalue weighted by Gasteiger charge is 2.33. The second kappa shape index (κ2) is 6.22. The zero-order chi connectivity index (χ0) is 12.0. The molecule has 0 saturated carbocycles. The fraction of sp³-hybridized carbons (Fsp3) is 0.700. The number of aldehydes is 1. The van der Waals surface area contributed by atoms with Gasteiger partial charge in [-0.1, -0.05) is 0 Å². The van der Waals surface area contributed by atoms with Crippen molar-refractivity contribution in [1.82, 2.24) is 4.90 Å². The Morgan fingerprint density at radius 3 is 2.75 bits per heavy atom. The topological polar surface area (TPSA) is 89.7 Å². The third-order valence-corrected chi connectivity index (χ3v) is 2.52. The third-order valence-electron chi connectivity index (χ3n) is 2.52. The molecule has 1 amide bonds. The Hall–Kier alpha value is -1.43. The number of carbonyl (C=O) groups excluding carboxylic acids is 3. The number of nitrogens with two attached hydrogens (primary N) is 1. The molecule has 6 heteroatoms. The van der Waals surface area contributed by atoms with Gasteiger partial charge in [0.2, 0.25) is 6.41 Å². The summed E-state index contributed by atoms with van der Waals surface area (Å²) in [6.45, 7) is 0.735. The predicted molar refractivity (Wildman–Crippen MR) is 55.4 cm³/mol. The maximum Gasteiger partial charge on any atom is 0.306 e. The monoisotopic (exact) mass is 228 g/mol. The van der Waals surface area contributed by atoms with Crippen LogP contribution >= 0.6 is 0 Å². The number of nitrogens with zero attached hydrogens (tertiary/aromatic N) is 1. The normalized spacial score (nSPS) is 24.2. The highest BCUT2D eigenvalue weighted by atomic mass is 16.5. The number of amides is 1. The van der Waals surface area contributed by atoms with Crippen LogP contribution in [0.1, 0.15) is 19.3 Å². The van der Waals surface area contributed by atoms with E-state index in [2.05, 4.69) is 0 Å². The van der Waals surface area contributed by atoms with Crippen LogP contribution in [0.3, 0.4) is 0 Å². The summed E-state index contributed by atoms with van der Waals surface area (Å²) >= 11 is 0. The average molecular weight is 228 g/mol. The van der Waals surface area contributed by atoms with E-state index < -0.39 is 6.04 Å². The summed E-state index contributed by atoms with van der Waals surface area (Å²) in [6.07, 6.45) is 2.18. The summed E-state index contributed by atoms with van der Waals surface area (Å²) in [5, 5.41) is 0. The van der Waals surface area contributed by atoms with E-state index in [0.29, 0.717) is 38.6 Å². The van der Waals surface area contributed by atoms with Gasteiger partial charge in [-0.15, -0.1) is 0 Å². The lowest BCUT2D eigenvalue weighted by Crippen LogP contribution is -2.29. The van der Waals surface area contributed by atoms with Crippen LogP contribution in [0.4, 0.5) is 0 Å². The van der Waals surface area contributed by atoms with Crippen molar-refractivity contribution in [2.45, 2.75) is 31.4 Å². The highest BCUT2D eigenvalue weighted by Crippen LogP contribution is 2.17. The first-order valence-corrected chi connectivity index (χ1v) is 5.27. The molecule has 1 heterocycles. The number of carbonyl (C=O) groups is 3. The lowest BCUT2D eigenvalue weighted by Gasteiger charge is -2.12. The van der Waals surface area contributed by atoms with Crippen molar-refractivity contribution < 1.29 is 19.1 Å². The largest absolute Gasteiger partial charge is 0.460 e. The van der Waals surface area contributed by atoms with E-state index in [1.807, 2.05) is 0 Å². The number of ether oxygens (including phenoxy) is 1. The molecule has 2 N–H and O–H groups in total. The molecule has 1 saturated heterocycles. The van der Waals surface area contributed by atoms with Crippen LogP contribution < -0.4 is 5.73 Å². The molecule has 0 aromatic rings. The standard InChI is InChI=1S/C10H16N2O4/c11-3-1-2-10(15)16-9-4-8(6-13)12(5-9)7-14/h6-9H,1-5,11H2. The van der Waals surface area contributed by atoms with Crippen molar-refractivity contribution in [3.63, 3.8) is 0 Å². The summed E-state index contributed by atoms with van der Waals surface area (Å²) in [5.74, 6) is -0.326. The molecule has 0 radical (unpaired) electrons. The molecule has 0 bridgehead atoms. The second-order valence-electron chi connectivity index (χ2n) is 3.75. The van der Waals surface area contributed by atoms with Gasteiger partial charge in [0.1, 0.15) is 12.4 Å². The number of hydrogen-bond donors (Lipinski definition) is 1. The molecule has 6 nitrogen and oxygen atoms in total. The molecule has 0 aliphatic carbocycles. The van der Waals surface area contributed by atoms with E-state index in [4.69, 9.17) is 10.5 Å². The first kappa shape index (κ1) is 12.6. The number of hydrogen-bond acceptors (Lipinski definition) is 5. The summed E-state index contributed by atoms with van der Waals surface area (Å²) in [6, 6.07) is -0.468. The van der Waals surface area contributed by atoms with Crippen LogP contribution in [0.2, 0.25) is 0 Å². The molecule has 1 rings (SSSR count). The number of rotatable bonds is 6. The smallest absolute Gasteiger partial charge is 0.306 e. The van der Waals surface area contributed by atoms with Crippen molar-refractivity contribution >= 4 is 18.7 Å². The van der Waals surface area contributed by atoms with Gasteiger partial charge in [0.25, 0.3) is 0 Å². The molecule has 0 aromatic carbocycles. The quantitative estimate of drug-likeness (QED) is 0.468. The van der Waals surface area contributed by atoms with Crippen molar-refractivity contribution in [3.8, 4) is 0 Å². The zero-order valence-electron chi connectivity index (χ0n) is 9.00. The molecule has 1 fully saturated rings. The Balaban J connectivity index is 2.37. The molecular weight excluding hydrogens is 212 g/mol. The van der Waals surface area contributed by atoms with Crippen LogP contribution in [0.15, 0.2) is 0 Å². The van der Waals surface area contributed by atoms with Crippen LogP contribution in [0.25, 0.3) is 0 Å². The van der Waals surface area contributed by atoms with Gasteiger partial charge >= 0.3 is 5.97 Å². The molecule has 90 valence electrons. The Kier molecular flexibility index (Phi) is 4.91. The van der Waals surface area contributed by atoms with Crippen LogP contribution in [-0.2, 0) is 19.1 Å². The zero-order valence-corrected chi connectivity index (χ0v) is 9.00. The van der Waals surface area contributed by atoms with Crippen LogP contribution in [0.5, 0.6) is 0 Å². The van der Waals surface area contributed by atoms with Crippen molar-refractivity contribution in [2.24, 2.45) is 5.73 Å². The molecular formula is C10H16N2O4. The molecule has 1 aliphatic heterocycles. The van der Waals surface area contributed by atoms with Gasteiger partial charge in [-0.2, -0.15) is 0 Å². The second-order valence-corrected chi connectivity index (χ2v) is 3.75. The number of likely N-dealkylation sites (tertiary alicyclic amines) is 1. The molecule has 2 atom stereocenters. The summed E-state index contributed by atoms with van der Waals surface area (Å²) in [4.78, 5) is 33.8. The van der Waals surface area contributed by atoms with Crippen molar-refractivity contribution in [2.75, 3.05) is 13.1 Å². The van der Waals surface area contributed by atoms with E-state index >= 15 is 0 Å². The minimum Gasteiger partial charge on any atom is -0.460 e. The van der Waals surface area contributed by atoms with Gasteiger partial charge in [0.05, 0.1) is 12.6 Å². The molecule has 0 aromatic heterocycles. The first-order valence-electron chi connectivity index (χ1n) is 5.27. The average Bonchev–Trinajstić information content (AvgIpc) is 2.68. The predicted octanol–water partition coefficient (Wildman–Crippen LogP) is -0.933. The van der Waals surface area contributed by atoms with E-state index in [-0.39, 0.29) is 18.5 Å². The fourth-order valence-electron chi connectivity index (χ4n) is 1.68.